The van der Waals surface area contributed by atoms with E-state index < -0.39 is 0 Å². The summed E-state index contributed by atoms with van der Waals surface area (Å²) in [6.07, 6.45) is 45.1. The zero-order chi connectivity index (χ0) is 39.9. The largest absolute Gasteiger partial charge is 0.478 e. The summed E-state index contributed by atoms with van der Waals surface area (Å²) >= 11 is 0. The lowest BCUT2D eigenvalue weighted by Gasteiger charge is -2.29. The van der Waals surface area contributed by atoms with Crippen molar-refractivity contribution in [1.29, 1.82) is 0 Å². The van der Waals surface area contributed by atoms with Crippen LogP contribution in [0.1, 0.15) is 230 Å². The Morgan fingerprint density at radius 3 is 0.965 bits per heavy atom. The summed E-state index contributed by atoms with van der Waals surface area (Å²) in [6.45, 7) is 10.0. The lowest BCUT2D eigenvalue weighted by atomic mass is 10.0. The van der Waals surface area contributed by atoms with Gasteiger partial charge in [0, 0.05) is 37.3 Å². The predicted octanol–water partition coefficient (Wildman–Crippen LogP) is 16.3. The Kier molecular flexibility index (Phi) is 26.3. The molecule has 0 unspecified atom stereocenters. The van der Waals surface area contributed by atoms with Crippen LogP contribution in [0.5, 0.6) is 23.0 Å². The summed E-state index contributed by atoms with van der Waals surface area (Å²) < 4.78 is 18.7. The van der Waals surface area contributed by atoms with Crippen molar-refractivity contribution in [3.8, 4) is 23.0 Å². The average Bonchev–Trinajstić information content (AvgIpc) is 3.23. The highest BCUT2D eigenvalue weighted by Gasteiger charge is 2.20. The minimum atomic E-state index is 0.687. The van der Waals surface area contributed by atoms with Crippen molar-refractivity contribution >= 4 is 0 Å². The lowest BCUT2D eigenvalue weighted by Crippen LogP contribution is -2.32. The molecule has 0 radical (unpaired) electrons. The Morgan fingerprint density at radius 2 is 0.667 bits per heavy atom. The summed E-state index contributed by atoms with van der Waals surface area (Å²) in [7, 11) is 0. The van der Waals surface area contributed by atoms with Gasteiger partial charge in [0.05, 0.1) is 0 Å². The molecule has 2 heterocycles. The standard InChI is InChI=1S/C52H88N2O3/c1-3-5-7-9-11-13-15-17-19-21-23-25-27-29-31-33-39-53-43-47-41-49(35-37-51(47)55-45-53)57-50-36-38-52-48(42-50)44-54(46-56-52)40-34-32-30-28-26-24-22-20-18-16-14-12-10-8-6-4-2/h35-38,41-42H,3-34,39-40,43-46H2,1-2H3. The quantitative estimate of drug-likeness (QED) is 0.0643. The van der Waals surface area contributed by atoms with Gasteiger partial charge in [-0.2, -0.15) is 0 Å². The van der Waals surface area contributed by atoms with Crippen molar-refractivity contribution in [3.63, 3.8) is 0 Å². The maximum absolute atomic E-state index is 6.42. The normalized spacial score (nSPS) is 14.3. The van der Waals surface area contributed by atoms with Crippen molar-refractivity contribution in [2.75, 3.05) is 26.6 Å². The third-order valence-corrected chi connectivity index (χ3v) is 12.5. The van der Waals surface area contributed by atoms with E-state index in [-0.39, 0.29) is 0 Å². The molecule has 5 heteroatoms. The molecule has 0 saturated heterocycles. The zero-order valence-corrected chi connectivity index (χ0v) is 37.5. The van der Waals surface area contributed by atoms with Gasteiger partial charge in [-0.25, -0.2) is 0 Å². The molecule has 2 aliphatic rings. The van der Waals surface area contributed by atoms with Gasteiger partial charge in [0.15, 0.2) is 0 Å². The van der Waals surface area contributed by atoms with Crippen LogP contribution in [0.25, 0.3) is 0 Å². The monoisotopic (exact) mass is 789 g/mol. The second-order valence-corrected chi connectivity index (χ2v) is 17.9. The summed E-state index contributed by atoms with van der Waals surface area (Å²) in [5, 5.41) is 0. The molecule has 0 fully saturated rings. The first kappa shape index (κ1) is 47.4. The van der Waals surface area contributed by atoms with Gasteiger partial charge >= 0.3 is 0 Å². The molecule has 0 atom stereocenters. The van der Waals surface area contributed by atoms with Crippen molar-refractivity contribution in [1.82, 2.24) is 9.80 Å². The van der Waals surface area contributed by atoms with Crippen LogP contribution in [0.4, 0.5) is 0 Å². The van der Waals surface area contributed by atoms with Gasteiger partial charge in [-0.1, -0.05) is 206 Å². The topological polar surface area (TPSA) is 34.2 Å². The Hall–Kier alpha value is -2.24. The van der Waals surface area contributed by atoms with E-state index >= 15 is 0 Å². The molecule has 0 aromatic heterocycles. The first-order valence-electron chi connectivity index (χ1n) is 24.9. The van der Waals surface area contributed by atoms with E-state index in [4.69, 9.17) is 14.2 Å². The maximum atomic E-state index is 6.42. The van der Waals surface area contributed by atoms with Crippen LogP contribution in [0.2, 0.25) is 0 Å². The van der Waals surface area contributed by atoms with Crippen LogP contribution < -0.4 is 14.2 Å². The highest BCUT2D eigenvalue weighted by molar-refractivity contribution is 5.45. The Balaban J connectivity index is 1.01. The van der Waals surface area contributed by atoms with Crippen LogP contribution in [0.3, 0.4) is 0 Å². The molecule has 0 amide bonds. The highest BCUT2D eigenvalue weighted by atomic mass is 16.5. The Morgan fingerprint density at radius 1 is 0.386 bits per heavy atom. The zero-order valence-electron chi connectivity index (χ0n) is 37.5. The van der Waals surface area contributed by atoms with Gasteiger partial charge < -0.3 is 14.2 Å². The average molecular weight is 789 g/mol. The molecule has 2 aromatic carbocycles. The van der Waals surface area contributed by atoms with Crippen LogP contribution in [0.15, 0.2) is 36.4 Å². The number of rotatable bonds is 36. The Bertz CT molecular complexity index is 1170. The van der Waals surface area contributed by atoms with E-state index in [2.05, 4.69) is 47.9 Å². The molecule has 0 N–H and O–H groups in total. The summed E-state index contributed by atoms with van der Waals surface area (Å²) in [5.74, 6) is 3.75. The number of hydrogen-bond acceptors (Lipinski definition) is 5. The van der Waals surface area contributed by atoms with E-state index in [1.54, 1.807) is 0 Å². The van der Waals surface area contributed by atoms with Crippen molar-refractivity contribution in [3.05, 3.63) is 47.5 Å². The van der Waals surface area contributed by atoms with Gasteiger partial charge in [-0.05, 0) is 49.2 Å². The molecule has 57 heavy (non-hydrogen) atoms. The van der Waals surface area contributed by atoms with Gasteiger partial charge in [0.2, 0.25) is 0 Å². The first-order chi connectivity index (χ1) is 28.2. The van der Waals surface area contributed by atoms with Gasteiger partial charge in [0.1, 0.15) is 36.5 Å². The molecule has 0 saturated carbocycles. The van der Waals surface area contributed by atoms with E-state index in [1.165, 1.54) is 217 Å². The molecular formula is C52H88N2O3. The minimum absolute atomic E-state index is 0.687. The van der Waals surface area contributed by atoms with Gasteiger partial charge in [0.25, 0.3) is 0 Å². The summed E-state index contributed by atoms with van der Waals surface area (Å²) in [6, 6.07) is 12.6. The third kappa shape index (κ3) is 21.5. The third-order valence-electron chi connectivity index (χ3n) is 12.5. The molecule has 2 aliphatic heterocycles. The van der Waals surface area contributed by atoms with Crippen LogP contribution in [-0.4, -0.2) is 36.4 Å². The molecule has 0 spiro atoms. The molecule has 2 aromatic rings. The van der Waals surface area contributed by atoms with Crippen LogP contribution >= 0.6 is 0 Å². The van der Waals surface area contributed by atoms with Crippen molar-refractivity contribution < 1.29 is 14.2 Å². The van der Waals surface area contributed by atoms with Gasteiger partial charge in [-0.15, -0.1) is 0 Å². The molecule has 5 nitrogen and oxygen atoms in total. The molecular weight excluding hydrogens is 701 g/mol. The molecule has 0 bridgehead atoms. The maximum Gasteiger partial charge on any atom is 0.142 e. The highest BCUT2D eigenvalue weighted by Crippen LogP contribution is 2.34. The van der Waals surface area contributed by atoms with E-state index in [9.17, 15) is 0 Å². The number of ether oxygens (including phenoxy) is 3. The number of fused-ring (bicyclic) bond motifs is 2. The number of benzene rings is 2. The van der Waals surface area contributed by atoms with E-state index in [0.29, 0.717) is 13.5 Å². The van der Waals surface area contributed by atoms with Gasteiger partial charge in [-0.3, -0.25) is 9.80 Å². The Labute approximate surface area is 352 Å². The SMILES string of the molecule is CCCCCCCCCCCCCCCCCCN1COc2ccc(Oc3ccc4c(c3)CN(CCCCCCCCCCCCCCCCCC)CO4)cc2C1. The summed E-state index contributed by atoms with van der Waals surface area (Å²) in [5.41, 5.74) is 2.45. The lowest BCUT2D eigenvalue weighted by molar-refractivity contribution is 0.0931. The second kappa shape index (κ2) is 31.7. The molecule has 324 valence electrons. The van der Waals surface area contributed by atoms with E-state index in [0.717, 1.165) is 49.2 Å². The summed E-state index contributed by atoms with van der Waals surface area (Å²) in [4.78, 5) is 4.89. The number of unbranched alkanes of at least 4 members (excludes halogenated alkanes) is 30. The fourth-order valence-electron chi connectivity index (χ4n) is 8.85. The fourth-order valence-corrected chi connectivity index (χ4v) is 8.85. The molecule has 4 rings (SSSR count). The first-order valence-corrected chi connectivity index (χ1v) is 24.9. The van der Waals surface area contributed by atoms with E-state index in [1.807, 2.05) is 12.1 Å². The molecule has 0 aliphatic carbocycles. The smallest absolute Gasteiger partial charge is 0.142 e. The number of hydrogen-bond donors (Lipinski definition) is 0. The van der Waals surface area contributed by atoms with Crippen LogP contribution in [0, 0.1) is 0 Å². The second-order valence-electron chi connectivity index (χ2n) is 17.9. The minimum Gasteiger partial charge on any atom is -0.478 e. The fraction of sp³-hybridized carbons (Fsp3) is 0.769. The van der Waals surface area contributed by atoms with Crippen LogP contribution in [-0.2, 0) is 13.1 Å². The number of nitrogens with zero attached hydrogens (tertiary/aromatic N) is 2. The van der Waals surface area contributed by atoms with Crippen molar-refractivity contribution in [2.45, 2.75) is 232 Å². The predicted molar refractivity (Wildman–Crippen MR) is 244 cm³/mol. The van der Waals surface area contributed by atoms with Crippen molar-refractivity contribution in [2.24, 2.45) is 0 Å².